The molecule has 30 heavy (non-hydrogen) atoms. The molecular formula is C21H13F6NO2. The Morgan fingerprint density at radius 1 is 0.767 bits per heavy atom. The molecular weight excluding hydrogens is 412 g/mol. The van der Waals surface area contributed by atoms with Crippen LogP contribution in [-0.4, -0.2) is 13.4 Å². The number of benzene rings is 3. The van der Waals surface area contributed by atoms with E-state index in [1.54, 1.807) is 36.2 Å². The summed E-state index contributed by atoms with van der Waals surface area (Å²) in [4.78, 5) is 1.61. The van der Waals surface area contributed by atoms with Crippen molar-refractivity contribution in [2.24, 2.45) is 0 Å². The van der Waals surface area contributed by atoms with E-state index in [-0.39, 0.29) is 16.9 Å². The van der Waals surface area contributed by atoms with Gasteiger partial charge in [-0.2, -0.15) is 13.2 Å². The van der Waals surface area contributed by atoms with Crippen LogP contribution in [0.25, 0.3) is 21.9 Å². The van der Waals surface area contributed by atoms with Crippen LogP contribution >= 0.6 is 0 Å². The average Bonchev–Trinajstić information content (AvgIpc) is 3.04. The second-order valence-electron chi connectivity index (χ2n) is 6.54. The summed E-state index contributed by atoms with van der Waals surface area (Å²) < 4.78 is 86.6. The molecule has 4 rings (SSSR count). The van der Waals surface area contributed by atoms with Crippen LogP contribution in [0.3, 0.4) is 0 Å². The van der Waals surface area contributed by atoms with Crippen molar-refractivity contribution in [3.8, 4) is 5.75 Å². The summed E-state index contributed by atoms with van der Waals surface area (Å²) in [5.74, 6) is -0.378. The molecule has 0 saturated heterocycles. The first-order valence-electron chi connectivity index (χ1n) is 8.65. The lowest BCUT2D eigenvalue weighted by Gasteiger charge is -2.20. The van der Waals surface area contributed by atoms with Gasteiger partial charge in [0, 0.05) is 23.5 Å². The van der Waals surface area contributed by atoms with Crippen LogP contribution in [0.1, 0.15) is 5.56 Å². The summed E-state index contributed by atoms with van der Waals surface area (Å²) in [7, 11) is 1.63. The normalized spacial score (nSPS) is 12.5. The largest absolute Gasteiger partial charge is 0.573 e. The van der Waals surface area contributed by atoms with Crippen molar-refractivity contribution in [3.05, 3.63) is 66.2 Å². The lowest BCUT2D eigenvalue weighted by atomic mass is 10.1. The fourth-order valence-electron chi connectivity index (χ4n) is 3.30. The van der Waals surface area contributed by atoms with Crippen molar-refractivity contribution in [3.63, 3.8) is 0 Å². The minimum Gasteiger partial charge on any atom is -0.453 e. The van der Waals surface area contributed by atoms with Crippen LogP contribution < -0.4 is 9.64 Å². The van der Waals surface area contributed by atoms with Gasteiger partial charge in [0.05, 0.1) is 11.3 Å². The molecule has 4 aromatic rings. The van der Waals surface area contributed by atoms with Crippen molar-refractivity contribution < 1.29 is 35.5 Å². The Bertz CT molecular complexity index is 1210. The van der Waals surface area contributed by atoms with Gasteiger partial charge in [-0.1, -0.05) is 24.3 Å². The molecule has 0 amide bonds. The first-order valence-corrected chi connectivity index (χ1v) is 8.65. The van der Waals surface area contributed by atoms with Crippen LogP contribution in [-0.2, 0) is 6.18 Å². The zero-order valence-corrected chi connectivity index (χ0v) is 15.3. The molecule has 9 heteroatoms. The van der Waals surface area contributed by atoms with E-state index in [0.717, 1.165) is 18.2 Å². The number of alkyl halides is 6. The van der Waals surface area contributed by atoms with Crippen LogP contribution in [0.2, 0.25) is 0 Å². The zero-order valence-electron chi connectivity index (χ0n) is 15.3. The fraction of sp³-hybridized carbons (Fsp3) is 0.143. The van der Waals surface area contributed by atoms with Gasteiger partial charge in [-0.15, -0.1) is 13.2 Å². The topological polar surface area (TPSA) is 25.6 Å². The SMILES string of the molecule is CN(c1ccc(OC(F)(F)F)cc1)c1cccc2c1oc1c(C(F)(F)F)cccc12. The Labute approximate surface area is 166 Å². The summed E-state index contributed by atoms with van der Waals surface area (Å²) in [6, 6.07) is 13.9. The van der Waals surface area contributed by atoms with Crippen molar-refractivity contribution in [1.29, 1.82) is 0 Å². The van der Waals surface area contributed by atoms with E-state index in [1.165, 1.54) is 18.2 Å². The van der Waals surface area contributed by atoms with E-state index < -0.39 is 18.1 Å². The fourth-order valence-corrected chi connectivity index (χ4v) is 3.30. The minimum atomic E-state index is -4.80. The molecule has 3 nitrogen and oxygen atoms in total. The number of rotatable bonds is 3. The van der Waals surface area contributed by atoms with Gasteiger partial charge in [-0.3, -0.25) is 0 Å². The molecule has 156 valence electrons. The van der Waals surface area contributed by atoms with Crippen LogP contribution in [0, 0.1) is 0 Å². The number of nitrogens with zero attached hydrogens (tertiary/aromatic N) is 1. The summed E-state index contributed by atoms with van der Waals surface area (Å²) >= 11 is 0. The van der Waals surface area contributed by atoms with Gasteiger partial charge < -0.3 is 14.1 Å². The van der Waals surface area contributed by atoms with E-state index in [9.17, 15) is 26.3 Å². The standard InChI is InChI=1S/C21H13F6NO2/c1-28(12-8-10-13(11-9-12)30-21(25,26)27)17-7-3-5-15-14-4-2-6-16(20(22,23)24)18(14)29-19(15)17/h2-11H,1H3. The Hall–Kier alpha value is -3.36. The number of hydrogen-bond donors (Lipinski definition) is 0. The van der Waals surface area contributed by atoms with E-state index in [4.69, 9.17) is 4.42 Å². The van der Waals surface area contributed by atoms with Crippen LogP contribution in [0.15, 0.2) is 65.1 Å². The molecule has 0 aliphatic heterocycles. The maximum Gasteiger partial charge on any atom is 0.573 e. The second kappa shape index (κ2) is 6.86. The molecule has 0 saturated carbocycles. The van der Waals surface area contributed by atoms with E-state index in [2.05, 4.69) is 4.74 Å². The van der Waals surface area contributed by atoms with Gasteiger partial charge in [0.2, 0.25) is 0 Å². The summed E-state index contributed by atoms with van der Waals surface area (Å²) in [6.45, 7) is 0. The third-order valence-corrected chi connectivity index (χ3v) is 4.63. The zero-order chi connectivity index (χ0) is 21.7. The smallest absolute Gasteiger partial charge is 0.453 e. The van der Waals surface area contributed by atoms with Gasteiger partial charge in [-0.05, 0) is 36.4 Å². The number of ether oxygens (including phenoxy) is 1. The highest BCUT2D eigenvalue weighted by Gasteiger charge is 2.35. The van der Waals surface area contributed by atoms with Crippen molar-refractivity contribution in [1.82, 2.24) is 0 Å². The predicted octanol–water partition coefficient (Wildman–Crippen LogP) is 7.27. The number of para-hydroxylation sites is 2. The first-order chi connectivity index (χ1) is 14.0. The Morgan fingerprint density at radius 3 is 1.97 bits per heavy atom. The molecule has 0 aliphatic rings. The number of halogens is 6. The van der Waals surface area contributed by atoms with Crippen molar-refractivity contribution in [2.45, 2.75) is 12.5 Å². The van der Waals surface area contributed by atoms with Crippen molar-refractivity contribution in [2.75, 3.05) is 11.9 Å². The molecule has 1 heterocycles. The van der Waals surface area contributed by atoms with E-state index >= 15 is 0 Å². The van der Waals surface area contributed by atoms with Gasteiger partial charge in [0.1, 0.15) is 11.3 Å². The van der Waals surface area contributed by atoms with Gasteiger partial charge >= 0.3 is 12.5 Å². The van der Waals surface area contributed by atoms with Crippen LogP contribution in [0.5, 0.6) is 5.75 Å². The molecule has 0 unspecified atom stereocenters. The van der Waals surface area contributed by atoms with E-state index in [0.29, 0.717) is 22.1 Å². The van der Waals surface area contributed by atoms with Crippen LogP contribution in [0.4, 0.5) is 37.7 Å². The lowest BCUT2D eigenvalue weighted by molar-refractivity contribution is -0.274. The molecule has 3 aromatic carbocycles. The number of hydrogen-bond acceptors (Lipinski definition) is 3. The minimum absolute atomic E-state index is 0.238. The summed E-state index contributed by atoms with van der Waals surface area (Å²) in [5, 5.41) is 0.821. The maximum atomic E-state index is 13.4. The highest BCUT2D eigenvalue weighted by atomic mass is 19.4. The third-order valence-electron chi connectivity index (χ3n) is 4.63. The second-order valence-corrected chi connectivity index (χ2v) is 6.54. The Kier molecular flexibility index (Phi) is 4.56. The highest BCUT2D eigenvalue weighted by molar-refractivity contribution is 6.10. The predicted molar refractivity (Wildman–Crippen MR) is 99.9 cm³/mol. The number of fused-ring (bicyclic) bond motifs is 3. The summed E-state index contributed by atoms with van der Waals surface area (Å²) in [6.07, 6.45) is -9.38. The molecule has 0 radical (unpaired) electrons. The molecule has 0 spiro atoms. The molecule has 0 fully saturated rings. The lowest BCUT2D eigenvalue weighted by Crippen LogP contribution is -2.17. The van der Waals surface area contributed by atoms with Gasteiger partial charge in [-0.25, -0.2) is 0 Å². The van der Waals surface area contributed by atoms with E-state index in [1.807, 2.05) is 0 Å². The summed E-state index contributed by atoms with van der Waals surface area (Å²) in [5.41, 5.74) is 0.0467. The first kappa shape index (κ1) is 19.9. The van der Waals surface area contributed by atoms with Gasteiger partial charge in [0.25, 0.3) is 0 Å². The number of furan rings is 1. The van der Waals surface area contributed by atoms with Crippen molar-refractivity contribution >= 4 is 33.3 Å². The Morgan fingerprint density at radius 2 is 1.37 bits per heavy atom. The molecule has 0 bridgehead atoms. The molecule has 0 N–H and O–H groups in total. The Balaban J connectivity index is 1.79. The maximum absolute atomic E-state index is 13.4. The monoisotopic (exact) mass is 425 g/mol. The molecule has 0 aliphatic carbocycles. The highest BCUT2D eigenvalue weighted by Crippen LogP contribution is 2.42. The molecule has 1 aromatic heterocycles. The average molecular weight is 425 g/mol. The third kappa shape index (κ3) is 3.62. The number of anilines is 2. The van der Waals surface area contributed by atoms with Gasteiger partial charge in [0.15, 0.2) is 5.58 Å². The molecule has 0 atom stereocenters. The quantitative estimate of drug-likeness (QED) is 0.323.